The summed E-state index contributed by atoms with van der Waals surface area (Å²) in [4.78, 5) is 22.6. The van der Waals surface area contributed by atoms with E-state index in [2.05, 4.69) is 10.5 Å². The van der Waals surface area contributed by atoms with Crippen molar-refractivity contribution < 1.29 is 14.6 Å². The summed E-state index contributed by atoms with van der Waals surface area (Å²) in [5.41, 5.74) is 8.31. The van der Waals surface area contributed by atoms with Crippen LogP contribution in [-0.2, 0) is 0 Å². The summed E-state index contributed by atoms with van der Waals surface area (Å²) in [5, 5.41) is 13.7. The second-order valence-corrected chi connectivity index (χ2v) is 7.99. The van der Waals surface area contributed by atoms with Crippen molar-refractivity contribution >= 4 is 23.2 Å². The van der Waals surface area contributed by atoms with E-state index in [0.717, 1.165) is 22.5 Å². The van der Waals surface area contributed by atoms with Crippen molar-refractivity contribution in [3.63, 3.8) is 0 Å². The number of aromatic hydroxyl groups is 1. The first-order valence-electron chi connectivity index (χ1n) is 11.3. The maximum absolute atomic E-state index is 12.8. The molecule has 0 saturated carbocycles. The molecule has 0 aliphatic carbocycles. The van der Waals surface area contributed by atoms with Gasteiger partial charge in [0.2, 0.25) is 0 Å². The Labute approximate surface area is 207 Å². The van der Waals surface area contributed by atoms with Crippen molar-refractivity contribution in [2.75, 3.05) is 7.11 Å². The molecule has 1 aromatic heterocycles. The molecule has 176 valence electrons. The Bertz CT molecular complexity index is 1570. The van der Waals surface area contributed by atoms with Gasteiger partial charge in [0.15, 0.2) is 11.5 Å². The number of rotatable bonds is 6. The summed E-state index contributed by atoms with van der Waals surface area (Å²) in [6.45, 7) is 0. The molecule has 0 atom stereocenters. The molecule has 36 heavy (non-hydrogen) atoms. The molecule has 0 spiro atoms. The molecule has 1 amide bonds. The van der Waals surface area contributed by atoms with Crippen LogP contribution in [0, 0.1) is 0 Å². The van der Waals surface area contributed by atoms with Crippen LogP contribution < -0.4 is 10.2 Å². The van der Waals surface area contributed by atoms with E-state index in [1.165, 1.54) is 19.4 Å². The highest BCUT2D eigenvalue weighted by Gasteiger charge is 2.14. The number of ether oxygens (including phenoxy) is 1. The number of hydrogen-bond acceptors (Lipinski definition) is 6. The summed E-state index contributed by atoms with van der Waals surface area (Å²) in [5.74, 6) is -0.0298. The normalized spacial score (nSPS) is 11.0. The number of aromatic nitrogens is 2. The predicted molar refractivity (Wildman–Crippen MR) is 140 cm³/mol. The Hall–Kier alpha value is -5.04. The lowest BCUT2D eigenvalue weighted by atomic mass is 10.0. The Kier molecular flexibility index (Phi) is 6.36. The number of hydrogen-bond donors (Lipinski definition) is 2. The van der Waals surface area contributed by atoms with E-state index >= 15 is 0 Å². The van der Waals surface area contributed by atoms with Crippen LogP contribution in [0.2, 0.25) is 0 Å². The van der Waals surface area contributed by atoms with Crippen molar-refractivity contribution in [3.8, 4) is 34.0 Å². The zero-order valence-corrected chi connectivity index (χ0v) is 19.4. The minimum atomic E-state index is -0.380. The van der Waals surface area contributed by atoms with E-state index in [1.54, 1.807) is 30.3 Å². The zero-order valence-electron chi connectivity index (χ0n) is 19.4. The molecular formula is C29H22N4O3. The molecule has 0 radical (unpaired) electrons. The quantitative estimate of drug-likeness (QED) is 0.252. The molecule has 0 aliphatic rings. The van der Waals surface area contributed by atoms with Gasteiger partial charge in [-0.2, -0.15) is 5.10 Å². The van der Waals surface area contributed by atoms with Crippen LogP contribution in [0.4, 0.5) is 0 Å². The van der Waals surface area contributed by atoms with Gasteiger partial charge in [-0.3, -0.25) is 4.79 Å². The van der Waals surface area contributed by atoms with Gasteiger partial charge in [0.05, 0.1) is 35.7 Å². The molecule has 5 aromatic rings. The number of hydrazone groups is 1. The van der Waals surface area contributed by atoms with Gasteiger partial charge in [0.1, 0.15) is 0 Å². The van der Waals surface area contributed by atoms with Gasteiger partial charge in [-0.15, -0.1) is 0 Å². The summed E-state index contributed by atoms with van der Waals surface area (Å²) in [6, 6.07) is 29.7. The van der Waals surface area contributed by atoms with E-state index in [0.29, 0.717) is 27.9 Å². The first-order valence-corrected chi connectivity index (χ1v) is 11.3. The zero-order chi connectivity index (χ0) is 24.9. The minimum absolute atomic E-state index is 0.0289. The fourth-order valence-electron chi connectivity index (χ4n) is 3.79. The number of nitrogens with one attached hydrogen (secondary N) is 1. The number of benzene rings is 4. The van der Waals surface area contributed by atoms with Crippen molar-refractivity contribution in [2.24, 2.45) is 5.10 Å². The van der Waals surface area contributed by atoms with Gasteiger partial charge in [-0.05, 0) is 42.0 Å². The molecule has 0 aliphatic heterocycles. The van der Waals surface area contributed by atoms with Gasteiger partial charge >= 0.3 is 0 Å². The number of nitrogens with zero attached hydrogens (tertiary/aromatic N) is 3. The van der Waals surface area contributed by atoms with E-state index in [9.17, 15) is 9.90 Å². The van der Waals surface area contributed by atoms with E-state index in [1.807, 2.05) is 60.7 Å². The van der Waals surface area contributed by atoms with Crippen LogP contribution >= 0.6 is 0 Å². The third-order valence-electron chi connectivity index (χ3n) is 5.60. The Morgan fingerprint density at radius 3 is 2.11 bits per heavy atom. The van der Waals surface area contributed by atoms with Gasteiger partial charge in [-0.1, -0.05) is 60.7 Å². The molecule has 5 rings (SSSR count). The fraction of sp³-hybridized carbons (Fsp3) is 0.0345. The van der Waals surface area contributed by atoms with E-state index in [-0.39, 0.29) is 11.7 Å². The van der Waals surface area contributed by atoms with Crippen molar-refractivity contribution in [1.29, 1.82) is 0 Å². The number of phenolic OH excluding ortho intramolecular Hbond substituents is 1. The van der Waals surface area contributed by atoms with Crippen molar-refractivity contribution in [3.05, 3.63) is 108 Å². The number of phenols is 1. The average Bonchev–Trinajstić information content (AvgIpc) is 2.93. The standard InChI is InChI=1S/C29H22N4O3/c1-36-26-16-19(12-15-25(26)34)18-30-33-29(35)22-13-14-23-24(17-22)32-28(21-10-6-3-7-11-21)27(31-23)20-8-4-2-5-9-20/h2-18,34H,1H3,(H,33,35). The van der Waals surface area contributed by atoms with Gasteiger partial charge in [-0.25, -0.2) is 15.4 Å². The molecule has 1 heterocycles. The topological polar surface area (TPSA) is 96.7 Å². The second kappa shape index (κ2) is 10.1. The van der Waals surface area contributed by atoms with Crippen LogP contribution in [0.25, 0.3) is 33.5 Å². The summed E-state index contributed by atoms with van der Waals surface area (Å²) >= 11 is 0. The largest absolute Gasteiger partial charge is 0.504 e. The van der Waals surface area contributed by atoms with Crippen molar-refractivity contribution in [2.45, 2.75) is 0 Å². The highest BCUT2D eigenvalue weighted by molar-refractivity contribution is 5.98. The first kappa shape index (κ1) is 22.7. The van der Waals surface area contributed by atoms with Crippen LogP contribution in [0.3, 0.4) is 0 Å². The number of carbonyl (C=O) groups excluding carboxylic acids is 1. The maximum Gasteiger partial charge on any atom is 0.271 e. The lowest BCUT2D eigenvalue weighted by Gasteiger charge is -2.11. The van der Waals surface area contributed by atoms with Crippen LogP contribution in [0.15, 0.2) is 102 Å². The third kappa shape index (κ3) is 4.76. The highest BCUT2D eigenvalue weighted by Crippen LogP contribution is 2.31. The van der Waals surface area contributed by atoms with Gasteiger partial charge in [0, 0.05) is 16.7 Å². The molecule has 4 aromatic carbocycles. The number of methoxy groups -OCH3 is 1. The lowest BCUT2D eigenvalue weighted by Crippen LogP contribution is -2.17. The van der Waals surface area contributed by atoms with E-state index < -0.39 is 0 Å². The monoisotopic (exact) mass is 474 g/mol. The SMILES string of the molecule is COc1cc(C=NNC(=O)c2ccc3nc(-c4ccccc4)c(-c4ccccc4)nc3c2)ccc1O. The third-order valence-corrected chi connectivity index (χ3v) is 5.60. The predicted octanol–water partition coefficient (Wildman–Crippen LogP) is 5.44. The molecule has 7 nitrogen and oxygen atoms in total. The first-order chi connectivity index (χ1) is 17.6. The van der Waals surface area contributed by atoms with E-state index in [4.69, 9.17) is 14.7 Å². The molecule has 0 bridgehead atoms. The Morgan fingerprint density at radius 1 is 0.833 bits per heavy atom. The highest BCUT2D eigenvalue weighted by atomic mass is 16.5. The van der Waals surface area contributed by atoms with Crippen LogP contribution in [0.5, 0.6) is 11.5 Å². The van der Waals surface area contributed by atoms with Crippen LogP contribution in [-0.4, -0.2) is 34.3 Å². The second-order valence-electron chi connectivity index (χ2n) is 7.99. The lowest BCUT2D eigenvalue weighted by molar-refractivity contribution is 0.0955. The number of amides is 1. The molecule has 0 fully saturated rings. The summed E-state index contributed by atoms with van der Waals surface area (Å²) in [7, 11) is 1.46. The van der Waals surface area contributed by atoms with Gasteiger partial charge < -0.3 is 9.84 Å². The smallest absolute Gasteiger partial charge is 0.271 e. The molecule has 7 heteroatoms. The number of carbonyl (C=O) groups is 1. The number of fused-ring (bicyclic) bond motifs is 1. The minimum Gasteiger partial charge on any atom is -0.504 e. The molecular weight excluding hydrogens is 452 g/mol. The van der Waals surface area contributed by atoms with Crippen LogP contribution in [0.1, 0.15) is 15.9 Å². The average molecular weight is 475 g/mol. The Balaban J connectivity index is 1.46. The molecule has 0 unspecified atom stereocenters. The van der Waals surface area contributed by atoms with Gasteiger partial charge in [0.25, 0.3) is 5.91 Å². The summed E-state index contributed by atoms with van der Waals surface area (Å²) < 4.78 is 5.09. The maximum atomic E-state index is 12.8. The van der Waals surface area contributed by atoms with Crippen molar-refractivity contribution in [1.82, 2.24) is 15.4 Å². The molecule has 2 N–H and O–H groups in total. The summed E-state index contributed by atoms with van der Waals surface area (Å²) in [6.07, 6.45) is 1.47. The fourth-order valence-corrected chi connectivity index (χ4v) is 3.79. The molecule has 0 saturated heterocycles. The Morgan fingerprint density at radius 2 is 1.47 bits per heavy atom.